The fourth-order valence-electron chi connectivity index (χ4n) is 3.32. The second kappa shape index (κ2) is 6.25. The molecule has 3 heteroatoms. The van der Waals surface area contributed by atoms with Gasteiger partial charge in [-0.05, 0) is 43.4 Å². The summed E-state index contributed by atoms with van der Waals surface area (Å²) in [4.78, 5) is 2.56. The number of benzene rings is 1. The fraction of sp³-hybridized carbons (Fsp3) is 0.625. The van der Waals surface area contributed by atoms with Crippen LogP contribution < -0.4 is 5.73 Å². The van der Waals surface area contributed by atoms with Crippen molar-refractivity contribution in [3.63, 3.8) is 0 Å². The number of hydrogen-bond donors (Lipinski definition) is 1. The minimum Gasteiger partial charge on any atom is -0.326 e. The second-order valence-corrected chi connectivity index (χ2v) is 6.40. The van der Waals surface area contributed by atoms with Crippen LogP contribution in [0.5, 0.6) is 0 Å². The maximum atomic E-state index is 6.40. The Bertz CT molecular complexity index is 421. The van der Waals surface area contributed by atoms with E-state index in [9.17, 15) is 0 Å². The van der Waals surface area contributed by atoms with Crippen LogP contribution in [-0.4, -0.2) is 23.5 Å². The van der Waals surface area contributed by atoms with Gasteiger partial charge in [0, 0.05) is 23.7 Å². The van der Waals surface area contributed by atoms with E-state index in [1.54, 1.807) is 0 Å². The van der Waals surface area contributed by atoms with Crippen molar-refractivity contribution in [2.24, 2.45) is 11.7 Å². The molecule has 0 amide bonds. The van der Waals surface area contributed by atoms with E-state index in [-0.39, 0.29) is 12.1 Å². The molecule has 0 radical (unpaired) electrons. The molecule has 0 spiro atoms. The number of halogens is 1. The van der Waals surface area contributed by atoms with Crippen molar-refractivity contribution in [1.29, 1.82) is 0 Å². The van der Waals surface area contributed by atoms with Gasteiger partial charge < -0.3 is 5.73 Å². The van der Waals surface area contributed by atoms with Gasteiger partial charge >= 0.3 is 0 Å². The molecule has 1 heterocycles. The zero-order valence-electron chi connectivity index (χ0n) is 12.1. The first-order chi connectivity index (χ1) is 9.02. The summed E-state index contributed by atoms with van der Waals surface area (Å²) in [7, 11) is 0. The van der Waals surface area contributed by atoms with E-state index >= 15 is 0 Å². The maximum Gasteiger partial charge on any atom is 0.0502 e. The Kier molecular flexibility index (Phi) is 4.88. The Morgan fingerprint density at radius 2 is 2.16 bits per heavy atom. The van der Waals surface area contributed by atoms with Crippen LogP contribution in [-0.2, 0) is 0 Å². The summed E-state index contributed by atoms with van der Waals surface area (Å²) in [5.41, 5.74) is 7.65. The quantitative estimate of drug-likeness (QED) is 0.908. The molecule has 0 aromatic heterocycles. The molecular formula is C16H25ClN2. The van der Waals surface area contributed by atoms with Gasteiger partial charge in [-0.25, -0.2) is 0 Å². The summed E-state index contributed by atoms with van der Waals surface area (Å²) < 4.78 is 0. The van der Waals surface area contributed by atoms with Crippen molar-refractivity contribution in [2.45, 2.75) is 51.7 Å². The van der Waals surface area contributed by atoms with Gasteiger partial charge in [0.2, 0.25) is 0 Å². The van der Waals surface area contributed by atoms with Gasteiger partial charge in [-0.1, -0.05) is 37.6 Å². The molecule has 1 aromatic carbocycles. The molecule has 1 fully saturated rings. The van der Waals surface area contributed by atoms with Crippen LogP contribution in [0.3, 0.4) is 0 Å². The Hall–Kier alpha value is -0.570. The van der Waals surface area contributed by atoms with E-state index in [0.717, 1.165) is 23.9 Å². The lowest BCUT2D eigenvalue weighted by atomic mass is 9.96. The third-order valence-electron chi connectivity index (χ3n) is 4.26. The van der Waals surface area contributed by atoms with Gasteiger partial charge in [-0.15, -0.1) is 0 Å². The van der Waals surface area contributed by atoms with Crippen LogP contribution in [0.4, 0.5) is 0 Å². The van der Waals surface area contributed by atoms with Crippen molar-refractivity contribution < 1.29 is 0 Å². The third-order valence-corrected chi connectivity index (χ3v) is 4.49. The highest BCUT2D eigenvalue weighted by atomic mass is 35.5. The predicted molar refractivity (Wildman–Crippen MR) is 82.4 cm³/mol. The lowest BCUT2D eigenvalue weighted by Crippen LogP contribution is -2.42. The second-order valence-electron chi connectivity index (χ2n) is 5.96. The van der Waals surface area contributed by atoms with Crippen LogP contribution in [0.25, 0.3) is 0 Å². The molecule has 2 rings (SSSR count). The van der Waals surface area contributed by atoms with Crippen molar-refractivity contribution >= 4 is 11.6 Å². The molecule has 106 valence electrons. The summed E-state index contributed by atoms with van der Waals surface area (Å²) in [6.45, 7) is 7.92. The highest BCUT2D eigenvalue weighted by molar-refractivity contribution is 6.30. The molecule has 0 aliphatic carbocycles. The lowest BCUT2D eigenvalue weighted by molar-refractivity contribution is 0.160. The first-order valence-electron chi connectivity index (χ1n) is 7.29. The Balaban J connectivity index is 2.31. The summed E-state index contributed by atoms with van der Waals surface area (Å²) in [6, 6.07) is 9.21. The molecule has 0 bridgehead atoms. The first kappa shape index (κ1) is 14.8. The van der Waals surface area contributed by atoms with E-state index in [1.807, 2.05) is 12.1 Å². The Labute approximate surface area is 121 Å². The molecule has 2 nitrogen and oxygen atoms in total. The summed E-state index contributed by atoms with van der Waals surface area (Å²) in [5.74, 6) is 0.751. The molecule has 1 aromatic rings. The molecule has 19 heavy (non-hydrogen) atoms. The van der Waals surface area contributed by atoms with E-state index in [4.69, 9.17) is 17.3 Å². The number of rotatable bonds is 4. The van der Waals surface area contributed by atoms with E-state index in [2.05, 4.69) is 37.8 Å². The van der Waals surface area contributed by atoms with Crippen LogP contribution in [0.1, 0.15) is 45.2 Å². The minimum atomic E-state index is 0.159. The molecule has 0 saturated carbocycles. The average molecular weight is 281 g/mol. The number of nitrogens with zero attached hydrogens (tertiary/aromatic N) is 1. The SMILES string of the molecule is CCC(N)C(c1cccc(Cl)c1)N1CC(C)CC1C. The van der Waals surface area contributed by atoms with Gasteiger partial charge in [0.1, 0.15) is 0 Å². The molecule has 1 saturated heterocycles. The zero-order valence-corrected chi connectivity index (χ0v) is 12.9. The van der Waals surface area contributed by atoms with Crippen molar-refractivity contribution in [3.8, 4) is 0 Å². The van der Waals surface area contributed by atoms with Crippen LogP contribution in [0, 0.1) is 5.92 Å². The largest absolute Gasteiger partial charge is 0.326 e. The molecular weight excluding hydrogens is 256 g/mol. The van der Waals surface area contributed by atoms with Crippen molar-refractivity contribution in [1.82, 2.24) is 4.90 Å². The lowest BCUT2D eigenvalue weighted by Gasteiger charge is -2.35. The van der Waals surface area contributed by atoms with Crippen LogP contribution in [0.2, 0.25) is 5.02 Å². The topological polar surface area (TPSA) is 29.3 Å². The molecule has 4 unspecified atom stereocenters. The number of nitrogens with two attached hydrogens (primary N) is 1. The molecule has 1 aliphatic heterocycles. The van der Waals surface area contributed by atoms with Crippen molar-refractivity contribution in [2.75, 3.05) is 6.54 Å². The van der Waals surface area contributed by atoms with Gasteiger partial charge in [-0.3, -0.25) is 4.90 Å². The monoisotopic (exact) mass is 280 g/mol. The summed E-state index contributed by atoms with van der Waals surface area (Å²) in [6.07, 6.45) is 2.24. The average Bonchev–Trinajstić information content (AvgIpc) is 2.69. The molecule has 1 aliphatic rings. The summed E-state index contributed by atoms with van der Waals surface area (Å²) >= 11 is 6.15. The summed E-state index contributed by atoms with van der Waals surface area (Å²) in [5, 5.41) is 0.797. The Morgan fingerprint density at radius 3 is 2.68 bits per heavy atom. The standard InChI is InChI=1S/C16H25ClN2/c1-4-15(18)16(13-6-5-7-14(17)9-13)19-10-11(2)8-12(19)3/h5-7,9,11-12,15-16H,4,8,10,18H2,1-3H3. The highest BCUT2D eigenvalue weighted by Gasteiger charge is 2.35. The zero-order chi connectivity index (χ0) is 14.0. The van der Waals surface area contributed by atoms with E-state index < -0.39 is 0 Å². The van der Waals surface area contributed by atoms with Crippen LogP contribution in [0.15, 0.2) is 24.3 Å². The van der Waals surface area contributed by atoms with Gasteiger partial charge in [0.05, 0.1) is 6.04 Å². The number of likely N-dealkylation sites (tertiary alicyclic amines) is 1. The first-order valence-corrected chi connectivity index (χ1v) is 7.67. The van der Waals surface area contributed by atoms with E-state index in [0.29, 0.717) is 6.04 Å². The smallest absolute Gasteiger partial charge is 0.0502 e. The van der Waals surface area contributed by atoms with Crippen LogP contribution >= 0.6 is 11.6 Å². The molecule has 4 atom stereocenters. The predicted octanol–water partition coefficient (Wildman–Crippen LogP) is 3.85. The fourth-order valence-corrected chi connectivity index (χ4v) is 3.52. The number of hydrogen-bond acceptors (Lipinski definition) is 2. The van der Waals surface area contributed by atoms with Gasteiger partial charge in [0.25, 0.3) is 0 Å². The van der Waals surface area contributed by atoms with E-state index in [1.165, 1.54) is 12.0 Å². The highest BCUT2D eigenvalue weighted by Crippen LogP contribution is 2.35. The van der Waals surface area contributed by atoms with Gasteiger partial charge in [-0.2, -0.15) is 0 Å². The third kappa shape index (κ3) is 3.31. The molecule has 2 N–H and O–H groups in total. The Morgan fingerprint density at radius 1 is 1.42 bits per heavy atom. The minimum absolute atomic E-state index is 0.159. The van der Waals surface area contributed by atoms with Crippen molar-refractivity contribution in [3.05, 3.63) is 34.9 Å². The normalized spacial score (nSPS) is 27.4. The van der Waals surface area contributed by atoms with Gasteiger partial charge in [0.15, 0.2) is 0 Å². The maximum absolute atomic E-state index is 6.40.